The number of carbonyl (C=O) groups is 1. The van der Waals surface area contributed by atoms with Crippen molar-refractivity contribution in [2.24, 2.45) is 0 Å². The number of pyridine rings is 1. The number of thiol groups is 1. The average molecular weight is 228 g/mol. The van der Waals surface area contributed by atoms with Gasteiger partial charge in [0, 0.05) is 12.3 Å². The van der Waals surface area contributed by atoms with E-state index in [0.29, 0.717) is 0 Å². The van der Waals surface area contributed by atoms with Crippen LogP contribution in [-0.4, -0.2) is 21.0 Å². The molecule has 0 amide bonds. The highest BCUT2D eigenvalue weighted by atomic mass is 32.1. The molecule has 0 spiro atoms. The molecule has 0 bridgehead atoms. The standard InChI is InChI=1S/C8H8N2O4S/c1-8(15,7(11)12)6-5(10(13)14)3-2-4-9-6/h2-4,15H,1H3,(H,11,12). The Bertz CT molecular complexity index is 419. The van der Waals surface area contributed by atoms with Crippen molar-refractivity contribution in [1.82, 2.24) is 4.98 Å². The van der Waals surface area contributed by atoms with Gasteiger partial charge in [-0.15, -0.1) is 0 Å². The van der Waals surface area contributed by atoms with E-state index < -0.39 is 15.6 Å². The van der Waals surface area contributed by atoms with Crippen LogP contribution >= 0.6 is 12.6 Å². The van der Waals surface area contributed by atoms with Crippen LogP contribution in [0.2, 0.25) is 0 Å². The first kappa shape index (κ1) is 11.4. The number of nitro groups is 1. The minimum Gasteiger partial charge on any atom is -0.480 e. The summed E-state index contributed by atoms with van der Waals surface area (Å²) in [6, 6.07) is 2.56. The molecule has 15 heavy (non-hydrogen) atoms. The summed E-state index contributed by atoms with van der Waals surface area (Å²) in [6.07, 6.45) is 1.29. The first-order valence-electron chi connectivity index (χ1n) is 3.93. The Labute approximate surface area is 90.5 Å². The predicted molar refractivity (Wildman–Crippen MR) is 54.9 cm³/mol. The molecule has 0 fully saturated rings. The fourth-order valence-corrected chi connectivity index (χ4v) is 1.19. The van der Waals surface area contributed by atoms with Gasteiger partial charge in [-0.05, 0) is 13.0 Å². The van der Waals surface area contributed by atoms with E-state index in [1.807, 2.05) is 0 Å². The largest absolute Gasteiger partial charge is 0.480 e. The maximum Gasteiger partial charge on any atom is 0.325 e. The van der Waals surface area contributed by atoms with E-state index in [-0.39, 0.29) is 11.4 Å². The topological polar surface area (TPSA) is 93.3 Å². The van der Waals surface area contributed by atoms with Crippen LogP contribution in [0.5, 0.6) is 0 Å². The van der Waals surface area contributed by atoms with Crippen molar-refractivity contribution in [3.63, 3.8) is 0 Å². The van der Waals surface area contributed by atoms with Gasteiger partial charge in [-0.1, -0.05) is 0 Å². The average Bonchev–Trinajstić information content (AvgIpc) is 2.17. The van der Waals surface area contributed by atoms with Crippen LogP contribution in [0.4, 0.5) is 5.69 Å². The molecule has 0 radical (unpaired) electrons. The van der Waals surface area contributed by atoms with Crippen LogP contribution in [0.15, 0.2) is 18.3 Å². The molecule has 1 heterocycles. The highest BCUT2D eigenvalue weighted by Crippen LogP contribution is 2.32. The molecule has 80 valence electrons. The van der Waals surface area contributed by atoms with Crippen molar-refractivity contribution >= 4 is 24.3 Å². The Morgan fingerprint density at radius 2 is 2.33 bits per heavy atom. The number of carboxylic acid groups (broad SMARTS) is 1. The number of hydrogen-bond donors (Lipinski definition) is 2. The number of aromatic nitrogens is 1. The summed E-state index contributed by atoms with van der Waals surface area (Å²) in [4.78, 5) is 24.5. The second-order valence-electron chi connectivity index (χ2n) is 3.01. The molecular formula is C8H8N2O4S. The van der Waals surface area contributed by atoms with E-state index in [0.717, 1.165) is 0 Å². The zero-order valence-corrected chi connectivity index (χ0v) is 8.64. The second-order valence-corrected chi connectivity index (χ2v) is 3.90. The van der Waals surface area contributed by atoms with Gasteiger partial charge in [0.25, 0.3) is 5.69 Å². The van der Waals surface area contributed by atoms with Crippen molar-refractivity contribution in [2.45, 2.75) is 11.7 Å². The van der Waals surface area contributed by atoms with Gasteiger partial charge in [0.2, 0.25) is 0 Å². The van der Waals surface area contributed by atoms with E-state index in [2.05, 4.69) is 17.6 Å². The minimum absolute atomic E-state index is 0.175. The molecule has 0 aliphatic rings. The van der Waals surface area contributed by atoms with E-state index in [4.69, 9.17) is 5.11 Å². The minimum atomic E-state index is -1.68. The van der Waals surface area contributed by atoms with Gasteiger partial charge in [0.1, 0.15) is 5.69 Å². The Hall–Kier alpha value is -1.63. The first-order chi connectivity index (χ1) is 6.87. The normalized spacial score (nSPS) is 14.3. The maximum atomic E-state index is 10.9. The lowest BCUT2D eigenvalue weighted by Crippen LogP contribution is -2.28. The molecule has 1 aromatic heterocycles. The van der Waals surface area contributed by atoms with Crippen LogP contribution in [0.25, 0.3) is 0 Å². The molecule has 0 saturated heterocycles. The van der Waals surface area contributed by atoms with Gasteiger partial charge in [-0.3, -0.25) is 19.9 Å². The summed E-state index contributed by atoms with van der Waals surface area (Å²) in [5.74, 6) is -1.28. The van der Waals surface area contributed by atoms with E-state index in [1.165, 1.54) is 25.3 Å². The molecule has 1 unspecified atom stereocenters. The van der Waals surface area contributed by atoms with Gasteiger partial charge in [-0.25, -0.2) is 0 Å². The number of rotatable bonds is 3. The molecule has 0 aliphatic heterocycles. The monoisotopic (exact) mass is 228 g/mol. The van der Waals surface area contributed by atoms with Gasteiger partial charge in [0.15, 0.2) is 4.75 Å². The van der Waals surface area contributed by atoms with Crippen molar-refractivity contribution in [3.05, 3.63) is 34.1 Å². The molecule has 6 nitrogen and oxygen atoms in total. The zero-order valence-electron chi connectivity index (χ0n) is 7.75. The summed E-state index contributed by atoms with van der Waals surface area (Å²) >= 11 is 3.87. The smallest absolute Gasteiger partial charge is 0.325 e. The van der Waals surface area contributed by atoms with Gasteiger partial charge in [0.05, 0.1) is 4.92 Å². The summed E-state index contributed by atoms with van der Waals surface area (Å²) in [6.45, 7) is 1.24. The molecule has 1 rings (SSSR count). The molecule has 0 aromatic carbocycles. The third-order valence-electron chi connectivity index (χ3n) is 1.86. The molecule has 7 heteroatoms. The van der Waals surface area contributed by atoms with Gasteiger partial charge < -0.3 is 5.11 Å². The number of carboxylic acids is 1. The quantitative estimate of drug-likeness (QED) is 0.461. The SMILES string of the molecule is CC(S)(C(=O)O)c1ncccc1[N+](=O)[O-]. The Morgan fingerprint density at radius 3 is 2.80 bits per heavy atom. The highest BCUT2D eigenvalue weighted by molar-refractivity contribution is 7.82. The van der Waals surface area contributed by atoms with Crippen LogP contribution in [0.3, 0.4) is 0 Å². The number of hydrogen-bond acceptors (Lipinski definition) is 5. The summed E-state index contributed by atoms with van der Waals surface area (Å²) in [7, 11) is 0. The fourth-order valence-electron chi connectivity index (χ4n) is 1.02. The third-order valence-corrected chi connectivity index (χ3v) is 2.26. The van der Waals surface area contributed by atoms with Crippen LogP contribution < -0.4 is 0 Å². The van der Waals surface area contributed by atoms with E-state index in [9.17, 15) is 14.9 Å². The molecule has 0 saturated carbocycles. The van der Waals surface area contributed by atoms with Gasteiger partial charge >= 0.3 is 5.97 Å². The van der Waals surface area contributed by atoms with Gasteiger partial charge in [-0.2, -0.15) is 12.6 Å². The fraction of sp³-hybridized carbons (Fsp3) is 0.250. The molecule has 1 aromatic rings. The summed E-state index contributed by atoms with van der Waals surface area (Å²) in [5, 5.41) is 19.5. The van der Waals surface area contributed by atoms with Crippen molar-refractivity contribution in [2.75, 3.05) is 0 Å². The molecule has 0 aliphatic carbocycles. The van der Waals surface area contributed by atoms with Crippen molar-refractivity contribution < 1.29 is 14.8 Å². The van der Waals surface area contributed by atoms with E-state index in [1.54, 1.807) is 0 Å². The maximum absolute atomic E-state index is 10.9. The molecule has 1 atom stereocenters. The lowest BCUT2D eigenvalue weighted by Gasteiger charge is -2.16. The Balaban J connectivity index is 3.37. The van der Waals surface area contributed by atoms with E-state index >= 15 is 0 Å². The second kappa shape index (κ2) is 3.85. The first-order valence-corrected chi connectivity index (χ1v) is 4.37. The predicted octanol–water partition coefficient (Wildman–Crippen LogP) is 1.22. The summed E-state index contributed by atoms with van der Waals surface area (Å²) in [5.41, 5.74) is -0.525. The Morgan fingerprint density at radius 1 is 1.73 bits per heavy atom. The van der Waals surface area contributed by atoms with Crippen LogP contribution in [-0.2, 0) is 9.54 Å². The molecular weight excluding hydrogens is 220 g/mol. The zero-order chi connectivity index (χ0) is 11.6. The summed E-state index contributed by atoms with van der Waals surface area (Å²) < 4.78 is -1.68. The third kappa shape index (κ3) is 2.07. The molecule has 1 N–H and O–H groups in total. The van der Waals surface area contributed by atoms with Crippen molar-refractivity contribution in [3.8, 4) is 0 Å². The van der Waals surface area contributed by atoms with Crippen molar-refractivity contribution in [1.29, 1.82) is 0 Å². The Kier molecular flexibility index (Phi) is 2.94. The lowest BCUT2D eigenvalue weighted by molar-refractivity contribution is -0.386. The van der Waals surface area contributed by atoms with Crippen LogP contribution in [0.1, 0.15) is 12.6 Å². The number of aliphatic carboxylic acids is 1. The highest BCUT2D eigenvalue weighted by Gasteiger charge is 2.38. The van der Waals surface area contributed by atoms with Crippen LogP contribution in [0, 0.1) is 10.1 Å². The lowest BCUT2D eigenvalue weighted by atomic mass is 10.1. The number of nitrogens with zero attached hydrogens (tertiary/aromatic N) is 2.